The van der Waals surface area contributed by atoms with Crippen LogP contribution in [0.1, 0.15) is 33.3 Å². The van der Waals surface area contributed by atoms with Crippen molar-refractivity contribution in [1.29, 1.82) is 0 Å². The fraction of sp³-hybridized carbons (Fsp3) is 0.500. The minimum absolute atomic E-state index is 0.140. The van der Waals surface area contributed by atoms with Crippen LogP contribution in [0, 0.1) is 5.92 Å². The molecule has 0 aliphatic rings. The second kappa shape index (κ2) is 6.28. The van der Waals surface area contributed by atoms with Crippen molar-refractivity contribution in [3.8, 4) is 0 Å². The van der Waals surface area contributed by atoms with Gasteiger partial charge in [-0.1, -0.05) is 19.0 Å². The van der Waals surface area contributed by atoms with Gasteiger partial charge in [-0.3, -0.25) is 0 Å². The molecule has 0 aliphatic heterocycles. The summed E-state index contributed by atoms with van der Waals surface area (Å²) in [6.07, 6.45) is 0. The van der Waals surface area contributed by atoms with Crippen molar-refractivity contribution in [3.05, 3.63) is 29.8 Å². The second-order valence-corrected chi connectivity index (χ2v) is 5.17. The molecule has 1 rings (SSSR count). The van der Waals surface area contributed by atoms with Gasteiger partial charge < -0.3 is 15.8 Å². The number of benzene rings is 1. The van der Waals surface area contributed by atoms with Crippen molar-refractivity contribution in [2.45, 2.75) is 33.7 Å². The van der Waals surface area contributed by atoms with Gasteiger partial charge >= 0.3 is 0 Å². The predicted molar refractivity (Wildman–Crippen MR) is 76.3 cm³/mol. The van der Waals surface area contributed by atoms with Gasteiger partial charge in [0.1, 0.15) is 0 Å². The van der Waals surface area contributed by atoms with Gasteiger partial charge in [0.15, 0.2) is 5.84 Å². The number of hydrogen-bond donors (Lipinski definition) is 2. The van der Waals surface area contributed by atoms with Crippen molar-refractivity contribution in [3.63, 3.8) is 0 Å². The average Bonchev–Trinajstić information content (AvgIpc) is 2.34. The summed E-state index contributed by atoms with van der Waals surface area (Å²) in [7, 11) is 0. The van der Waals surface area contributed by atoms with Crippen LogP contribution >= 0.6 is 0 Å². The molecule has 18 heavy (non-hydrogen) atoms. The molecule has 0 radical (unpaired) electrons. The minimum Gasteiger partial charge on any atom is -0.409 e. The third-order valence-corrected chi connectivity index (χ3v) is 2.79. The Bertz CT molecular complexity index is 396. The number of anilines is 1. The Labute approximate surface area is 109 Å². The molecule has 0 aromatic heterocycles. The summed E-state index contributed by atoms with van der Waals surface area (Å²) in [6.45, 7) is 9.79. The van der Waals surface area contributed by atoms with Crippen molar-refractivity contribution in [2.75, 3.05) is 11.4 Å². The maximum atomic E-state index is 8.63. The summed E-state index contributed by atoms with van der Waals surface area (Å²) in [5.41, 5.74) is 7.44. The first-order valence-electron chi connectivity index (χ1n) is 6.30. The van der Waals surface area contributed by atoms with Crippen LogP contribution in [-0.2, 0) is 0 Å². The second-order valence-electron chi connectivity index (χ2n) is 5.17. The van der Waals surface area contributed by atoms with Crippen LogP contribution in [0.25, 0.3) is 0 Å². The molecule has 0 unspecified atom stereocenters. The Kier molecular flexibility index (Phi) is 5.01. The van der Waals surface area contributed by atoms with Gasteiger partial charge in [0, 0.05) is 23.8 Å². The molecule has 4 heteroatoms. The van der Waals surface area contributed by atoms with Crippen molar-refractivity contribution >= 4 is 11.5 Å². The Balaban J connectivity index is 2.94. The summed E-state index contributed by atoms with van der Waals surface area (Å²) in [6, 6.07) is 8.22. The van der Waals surface area contributed by atoms with Crippen LogP contribution in [0.4, 0.5) is 5.69 Å². The van der Waals surface area contributed by atoms with E-state index in [9.17, 15) is 0 Å². The molecule has 1 aromatic rings. The number of nitrogens with two attached hydrogens (primary N) is 1. The zero-order chi connectivity index (χ0) is 13.7. The molecule has 0 amide bonds. The Hall–Kier alpha value is -1.71. The average molecular weight is 249 g/mol. The summed E-state index contributed by atoms with van der Waals surface area (Å²) < 4.78 is 0. The van der Waals surface area contributed by atoms with Gasteiger partial charge in [0.05, 0.1) is 0 Å². The lowest BCUT2D eigenvalue weighted by molar-refractivity contribution is 0.318. The van der Waals surface area contributed by atoms with E-state index >= 15 is 0 Å². The van der Waals surface area contributed by atoms with Crippen LogP contribution < -0.4 is 10.6 Å². The lowest BCUT2D eigenvalue weighted by Crippen LogP contribution is -2.34. The van der Waals surface area contributed by atoms with Crippen LogP contribution in [0.2, 0.25) is 0 Å². The minimum atomic E-state index is 0.140. The first-order chi connectivity index (χ1) is 8.45. The molecule has 0 saturated carbocycles. The Morgan fingerprint density at radius 2 is 1.78 bits per heavy atom. The lowest BCUT2D eigenvalue weighted by Gasteiger charge is -2.30. The van der Waals surface area contributed by atoms with E-state index in [1.807, 2.05) is 24.3 Å². The summed E-state index contributed by atoms with van der Waals surface area (Å²) in [4.78, 5) is 2.35. The van der Waals surface area contributed by atoms with Gasteiger partial charge in [-0.2, -0.15) is 0 Å². The van der Waals surface area contributed by atoms with Crippen LogP contribution in [0.3, 0.4) is 0 Å². The molecule has 1 aromatic carbocycles. The lowest BCUT2D eigenvalue weighted by atomic mass is 10.1. The van der Waals surface area contributed by atoms with Gasteiger partial charge in [0.25, 0.3) is 0 Å². The maximum Gasteiger partial charge on any atom is 0.170 e. The fourth-order valence-corrected chi connectivity index (χ4v) is 1.89. The third-order valence-electron chi connectivity index (χ3n) is 2.79. The molecule has 100 valence electrons. The highest BCUT2D eigenvalue weighted by Gasteiger charge is 2.12. The van der Waals surface area contributed by atoms with Crippen LogP contribution in [0.5, 0.6) is 0 Å². The molecular formula is C14H23N3O. The van der Waals surface area contributed by atoms with Crippen molar-refractivity contribution < 1.29 is 5.21 Å². The Morgan fingerprint density at radius 1 is 1.22 bits per heavy atom. The van der Waals surface area contributed by atoms with Gasteiger partial charge in [-0.05, 0) is 44.0 Å². The largest absolute Gasteiger partial charge is 0.409 e. The number of amidine groups is 1. The van der Waals surface area contributed by atoms with Gasteiger partial charge in [0.2, 0.25) is 0 Å². The number of hydrogen-bond acceptors (Lipinski definition) is 3. The first kappa shape index (κ1) is 14.4. The molecule has 0 fully saturated rings. The van der Waals surface area contributed by atoms with E-state index in [2.05, 4.69) is 37.8 Å². The molecule has 0 saturated heterocycles. The van der Waals surface area contributed by atoms with Crippen molar-refractivity contribution in [1.82, 2.24) is 0 Å². The smallest absolute Gasteiger partial charge is 0.170 e. The maximum absolute atomic E-state index is 8.63. The number of nitrogens with zero attached hydrogens (tertiary/aromatic N) is 2. The molecular weight excluding hydrogens is 226 g/mol. The van der Waals surface area contributed by atoms with E-state index in [1.54, 1.807) is 0 Å². The predicted octanol–water partition coefficient (Wildman–Crippen LogP) is 2.65. The molecule has 0 heterocycles. The van der Waals surface area contributed by atoms with Gasteiger partial charge in [-0.25, -0.2) is 0 Å². The first-order valence-corrected chi connectivity index (χ1v) is 6.30. The zero-order valence-corrected chi connectivity index (χ0v) is 11.6. The van der Waals surface area contributed by atoms with E-state index in [0.717, 1.165) is 17.8 Å². The highest BCUT2D eigenvalue weighted by Crippen LogP contribution is 2.19. The number of oxime groups is 1. The SMILES string of the molecule is CC(C)CN(c1ccc(C(N)=NO)cc1)C(C)C. The fourth-order valence-electron chi connectivity index (χ4n) is 1.89. The normalized spacial score (nSPS) is 12.2. The molecule has 4 nitrogen and oxygen atoms in total. The van der Waals surface area contributed by atoms with Crippen LogP contribution in [-0.4, -0.2) is 23.6 Å². The highest BCUT2D eigenvalue weighted by atomic mass is 16.4. The summed E-state index contributed by atoms with van der Waals surface area (Å²) in [5, 5.41) is 11.6. The molecule has 0 atom stereocenters. The quantitative estimate of drug-likeness (QED) is 0.365. The molecule has 0 spiro atoms. The summed E-state index contributed by atoms with van der Waals surface area (Å²) in [5.74, 6) is 0.748. The van der Waals surface area contributed by atoms with Crippen molar-refractivity contribution in [2.24, 2.45) is 16.8 Å². The van der Waals surface area contributed by atoms with E-state index in [4.69, 9.17) is 10.9 Å². The number of rotatable bonds is 5. The monoisotopic (exact) mass is 249 g/mol. The topological polar surface area (TPSA) is 61.8 Å². The standard InChI is InChI=1S/C14H23N3O/c1-10(2)9-17(11(3)4)13-7-5-12(6-8-13)14(15)16-18/h5-8,10-11,18H,9H2,1-4H3,(H2,15,16). The van der Waals surface area contributed by atoms with E-state index in [0.29, 0.717) is 12.0 Å². The third kappa shape index (κ3) is 3.65. The van der Waals surface area contributed by atoms with Gasteiger partial charge in [-0.15, -0.1) is 0 Å². The Morgan fingerprint density at radius 3 is 2.17 bits per heavy atom. The molecule has 0 bridgehead atoms. The van der Waals surface area contributed by atoms with Crippen LogP contribution in [0.15, 0.2) is 29.4 Å². The van der Waals surface area contributed by atoms with E-state index < -0.39 is 0 Å². The molecule has 0 aliphatic carbocycles. The van der Waals surface area contributed by atoms with E-state index in [-0.39, 0.29) is 5.84 Å². The highest BCUT2D eigenvalue weighted by molar-refractivity contribution is 5.97. The molecule has 3 N–H and O–H groups in total. The van der Waals surface area contributed by atoms with E-state index in [1.165, 1.54) is 0 Å². The summed E-state index contributed by atoms with van der Waals surface area (Å²) >= 11 is 0. The zero-order valence-electron chi connectivity index (χ0n) is 11.6.